The number of halogens is 1. The quantitative estimate of drug-likeness (QED) is 0.800. The minimum absolute atomic E-state index is 0.186. The molecule has 0 saturated carbocycles. The summed E-state index contributed by atoms with van der Waals surface area (Å²) in [5.74, 6) is -0.186. The molecule has 2 aliphatic heterocycles. The molecule has 0 amide bonds. The summed E-state index contributed by atoms with van der Waals surface area (Å²) in [5, 5.41) is 12.8. The van der Waals surface area contributed by atoms with E-state index in [4.69, 9.17) is 0 Å². The number of rotatable bonds is 1. The van der Waals surface area contributed by atoms with Gasteiger partial charge >= 0.3 is 0 Å². The zero-order chi connectivity index (χ0) is 12.5. The fourth-order valence-electron chi connectivity index (χ4n) is 2.64. The van der Waals surface area contributed by atoms with Gasteiger partial charge in [-0.1, -0.05) is 12.2 Å². The number of hydrogen-bond acceptors (Lipinski definition) is 3. The molecule has 1 aromatic rings. The summed E-state index contributed by atoms with van der Waals surface area (Å²) in [7, 11) is 0. The van der Waals surface area contributed by atoms with Crippen LogP contribution in [0, 0.1) is 5.82 Å². The van der Waals surface area contributed by atoms with Crippen molar-refractivity contribution in [2.75, 3.05) is 29.9 Å². The first kappa shape index (κ1) is 11.5. The third-order valence-electron chi connectivity index (χ3n) is 3.66. The van der Waals surface area contributed by atoms with Crippen molar-refractivity contribution in [3.05, 3.63) is 29.6 Å². The van der Waals surface area contributed by atoms with Gasteiger partial charge in [0.15, 0.2) is 0 Å². The second-order valence-electron chi connectivity index (χ2n) is 4.86. The van der Waals surface area contributed by atoms with Gasteiger partial charge in [0.25, 0.3) is 0 Å². The van der Waals surface area contributed by atoms with Crippen molar-refractivity contribution in [2.24, 2.45) is 0 Å². The first-order valence-electron chi connectivity index (χ1n) is 6.41. The van der Waals surface area contributed by atoms with Crippen molar-refractivity contribution >= 4 is 17.5 Å². The highest BCUT2D eigenvalue weighted by Gasteiger charge is 2.22. The van der Waals surface area contributed by atoms with Crippen LogP contribution in [0.25, 0.3) is 6.08 Å². The highest BCUT2D eigenvalue weighted by atomic mass is 19.1. The van der Waals surface area contributed by atoms with Crippen LogP contribution in [0.3, 0.4) is 0 Å². The Kier molecular flexibility index (Phi) is 2.96. The minimum Gasteiger partial charge on any atom is -0.393 e. The highest BCUT2D eigenvalue weighted by molar-refractivity contribution is 5.82. The van der Waals surface area contributed by atoms with Crippen LogP contribution in [-0.2, 0) is 0 Å². The van der Waals surface area contributed by atoms with Crippen LogP contribution in [0.2, 0.25) is 0 Å². The Labute approximate surface area is 106 Å². The minimum atomic E-state index is -0.189. The molecule has 3 rings (SSSR count). The van der Waals surface area contributed by atoms with Crippen LogP contribution in [-0.4, -0.2) is 30.8 Å². The second-order valence-corrected chi connectivity index (χ2v) is 4.86. The standard InChI is InChI=1S/C14H17FN2O/c15-12-3-4-13(14-11(12)2-1-7-16-14)17-8-5-10(18)6-9-17/h1-4,10,16,18H,5-9H2. The van der Waals surface area contributed by atoms with Gasteiger partial charge in [-0.3, -0.25) is 0 Å². The highest BCUT2D eigenvalue weighted by Crippen LogP contribution is 2.35. The molecule has 0 bridgehead atoms. The van der Waals surface area contributed by atoms with Crippen LogP contribution < -0.4 is 10.2 Å². The van der Waals surface area contributed by atoms with E-state index < -0.39 is 0 Å². The normalized spacial score (nSPS) is 19.6. The van der Waals surface area contributed by atoms with E-state index in [9.17, 15) is 9.50 Å². The van der Waals surface area contributed by atoms with Crippen LogP contribution in [0.5, 0.6) is 0 Å². The molecule has 2 N–H and O–H groups in total. The molecule has 96 valence electrons. The first-order valence-corrected chi connectivity index (χ1v) is 6.41. The van der Waals surface area contributed by atoms with Crippen molar-refractivity contribution in [3.8, 4) is 0 Å². The molecule has 4 heteroatoms. The summed E-state index contributed by atoms with van der Waals surface area (Å²) in [6, 6.07) is 3.36. The number of aliphatic hydroxyl groups excluding tert-OH is 1. The molecule has 1 fully saturated rings. The third kappa shape index (κ3) is 1.97. The number of anilines is 2. The van der Waals surface area contributed by atoms with Crippen molar-refractivity contribution in [1.82, 2.24) is 0 Å². The lowest BCUT2D eigenvalue weighted by molar-refractivity contribution is 0.145. The van der Waals surface area contributed by atoms with Gasteiger partial charge in [0.2, 0.25) is 0 Å². The smallest absolute Gasteiger partial charge is 0.132 e. The SMILES string of the molecule is OC1CCN(c2ccc(F)c3c2NCC=C3)CC1. The summed E-state index contributed by atoms with van der Waals surface area (Å²) in [4.78, 5) is 2.22. The number of benzene rings is 1. The Morgan fingerprint density at radius 1 is 1.28 bits per heavy atom. The van der Waals surface area contributed by atoms with Gasteiger partial charge < -0.3 is 15.3 Å². The Bertz CT molecular complexity index is 479. The summed E-state index contributed by atoms with van der Waals surface area (Å²) in [5.41, 5.74) is 2.57. The maximum absolute atomic E-state index is 13.7. The zero-order valence-electron chi connectivity index (χ0n) is 10.2. The summed E-state index contributed by atoms with van der Waals surface area (Å²) in [6.45, 7) is 2.38. The molecule has 0 unspecified atom stereocenters. The van der Waals surface area contributed by atoms with E-state index in [1.54, 1.807) is 0 Å². The van der Waals surface area contributed by atoms with Crippen LogP contribution in [0.1, 0.15) is 18.4 Å². The van der Waals surface area contributed by atoms with Gasteiger partial charge in [-0.25, -0.2) is 4.39 Å². The van der Waals surface area contributed by atoms with Crippen molar-refractivity contribution < 1.29 is 9.50 Å². The van der Waals surface area contributed by atoms with Crippen LogP contribution >= 0.6 is 0 Å². The van der Waals surface area contributed by atoms with Crippen LogP contribution in [0.15, 0.2) is 18.2 Å². The predicted molar refractivity (Wildman–Crippen MR) is 71.4 cm³/mol. The zero-order valence-corrected chi connectivity index (χ0v) is 10.2. The Balaban J connectivity index is 1.95. The molecule has 0 aromatic heterocycles. The lowest BCUT2D eigenvalue weighted by atomic mass is 10.0. The maximum Gasteiger partial charge on any atom is 0.132 e. The number of nitrogens with one attached hydrogen (secondary N) is 1. The van der Waals surface area contributed by atoms with Gasteiger partial charge in [0.05, 0.1) is 17.5 Å². The number of aliphatic hydroxyl groups is 1. The molecule has 18 heavy (non-hydrogen) atoms. The van der Waals surface area contributed by atoms with E-state index in [2.05, 4.69) is 10.2 Å². The third-order valence-corrected chi connectivity index (χ3v) is 3.66. The molecular weight excluding hydrogens is 231 g/mol. The monoisotopic (exact) mass is 248 g/mol. The molecule has 0 atom stereocenters. The van der Waals surface area contributed by atoms with E-state index in [0.717, 1.165) is 43.9 Å². The molecular formula is C14H17FN2O. The predicted octanol–water partition coefficient (Wildman–Crippen LogP) is 2.23. The maximum atomic E-state index is 13.7. The number of hydrogen-bond donors (Lipinski definition) is 2. The fourth-order valence-corrected chi connectivity index (χ4v) is 2.64. The number of fused-ring (bicyclic) bond motifs is 1. The van der Waals surface area contributed by atoms with Gasteiger partial charge in [0.1, 0.15) is 5.82 Å². The first-order chi connectivity index (χ1) is 8.75. The largest absolute Gasteiger partial charge is 0.393 e. The average molecular weight is 248 g/mol. The van der Waals surface area contributed by atoms with Gasteiger partial charge in [-0.15, -0.1) is 0 Å². The molecule has 1 saturated heterocycles. The molecule has 0 spiro atoms. The number of nitrogens with zero attached hydrogens (tertiary/aromatic N) is 1. The fraction of sp³-hybridized carbons (Fsp3) is 0.429. The van der Waals surface area contributed by atoms with E-state index in [1.807, 2.05) is 18.2 Å². The lowest BCUT2D eigenvalue weighted by Crippen LogP contribution is -2.36. The Morgan fingerprint density at radius 2 is 2.06 bits per heavy atom. The second kappa shape index (κ2) is 4.61. The Morgan fingerprint density at radius 3 is 2.83 bits per heavy atom. The van der Waals surface area contributed by atoms with Crippen molar-refractivity contribution in [2.45, 2.75) is 18.9 Å². The van der Waals surface area contributed by atoms with Crippen LogP contribution in [0.4, 0.5) is 15.8 Å². The Hall–Kier alpha value is -1.55. The molecule has 1 aromatic carbocycles. The molecule has 0 aliphatic carbocycles. The summed E-state index contributed by atoms with van der Waals surface area (Å²) in [6.07, 6.45) is 5.13. The molecule has 0 radical (unpaired) electrons. The summed E-state index contributed by atoms with van der Waals surface area (Å²) >= 11 is 0. The average Bonchev–Trinajstić information content (AvgIpc) is 2.41. The molecule has 3 nitrogen and oxygen atoms in total. The van der Waals surface area contributed by atoms with E-state index in [0.29, 0.717) is 5.56 Å². The van der Waals surface area contributed by atoms with Crippen molar-refractivity contribution in [3.63, 3.8) is 0 Å². The molecule has 2 aliphatic rings. The lowest BCUT2D eigenvalue weighted by Gasteiger charge is -2.34. The topological polar surface area (TPSA) is 35.5 Å². The molecule has 2 heterocycles. The van der Waals surface area contributed by atoms with Crippen molar-refractivity contribution in [1.29, 1.82) is 0 Å². The number of piperidine rings is 1. The van der Waals surface area contributed by atoms with E-state index in [-0.39, 0.29) is 11.9 Å². The van der Waals surface area contributed by atoms with Gasteiger partial charge in [0, 0.05) is 25.2 Å². The van der Waals surface area contributed by atoms with Gasteiger partial charge in [-0.2, -0.15) is 0 Å². The van der Waals surface area contributed by atoms with E-state index >= 15 is 0 Å². The van der Waals surface area contributed by atoms with Gasteiger partial charge in [-0.05, 0) is 25.0 Å². The summed E-state index contributed by atoms with van der Waals surface area (Å²) < 4.78 is 13.7. The van der Waals surface area contributed by atoms with E-state index in [1.165, 1.54) is 6.07 Å².